The van der Waals surface area contributed by atoms with Crippen molar-refractivity contribution in [1.29, 1.82) is 0 Å². The summed E-state index contributed by atoms with van der Waals surface area (Å²) in [5, 5.41) is 5.52. The highest BCUT2D eigenvalue weighted by Crippen LogP contribution is 2.33. The van der Waals surface area contributed by atoms with Crippen LogP contribution in [0.3, 0.4) is 0 Å². The Balaban J connectivity index is 1.69. The first kappa shape index (κ1) is 13.1. The van der Waals surface area contributed by atoms with Gasteiger partial charge in [-0.2, -0.15) is 5.10 Å². The van der Waals surface area contributed by atoms with E-state index in [2.05, 4.69) is 31.8 Å². The molecule has 1 aliphatic rings. The average molecular weight is 294 g/mol. The van der Waals surface area contributed by atoms with Crippen LogP contribution >= 0.6 is 0 Å². The third-order valence-corrected chi connectivity index (χ3v) is 4.33. The standard InChI is InChI=1S/C17H18N4O/c1-22-14-3-4-16-15(11-14)17(5-8-18-16)20-10-6-13(12-20)21-9-2-7-19-21/h2-5,7-9,11,13H,6,10,12H2,1H3. The van der Waals surface area contributed by atoms with Crippen LogP contribution in [0.15, 0.2) is 48.9 Å². The number of fused-ring (bicyclic) bond motifs is 1. The summed E-state index contributed by atoms with van der Waals surface area (Å²) in [4.78, 5) is 6.87. The van der Waals surface area contributed by atoms with Gasteiger partial charge in [0, 0.05) is 42.8 Å². The van der Waals surface area contributed by atoms with Gasteiger partial charge >= 0.3 is 0 Å². The zero-order valence-electron chi connectivity index (χ0n) is 12.5. The number of rotatable bonds is 3. The number of aromatic nitrogens is 3. The van der Waals surface area contributed by atoms with E-state index < -0.39 is 0 Å². The molecule has 1 fully saturated rings. The van der Waals surface area contributed by atoms with E-state index in [1.165, 1.54) is 5.69 Å². The molecule has 1 aromatic carbocycles. The number of hydrogen-bond donors (Lipinski definition) is 0. The average Bonchev–Trinajstić information content (AvgIpc) is 3.24. The first-order valence-electron chi connectivity index (χ1n) is 7.52. The van der Waals surface area contributed by atoms with Gasteiger partial charge < -0.3 is 9.64 Å². The summed E-state index contributed by atoms with van der Waals surface area (Å²) in [6, 6.07) is 10.5. The molecule has 1 atom stereocenters. The van der Waals surface area contributed by atoms with Crippen LogP contribution < -0.4 is 9.64 Å². The van der Waals surface area contributed by atoms with Crippen molar-refractivity contribution in [2.75, 3.05) is 25.1 Å². The third kappa shape index (κ3) is 2.19. The molecule has 3 aromatic rings. The minimum atomic E-state index is 0.434. The van der Waals surface area contributed by atoms with E-state index in [9.17, 15) is 0 Å². The number of pyridine rings is 1. The Morgan fingerprint density at radius 1 is 1.23 bits per heavy atom. The van der Waals surface area contributed by atoms with Crippen LogP contribution in [0, 0.1) is 0 Å². The molecule has 0 N–H and O–H groups in total. The Morgan fingerprint density at radius 2 is 2.18 bits per heavy atom. The van der Waals surface area contributed by atoms with Gasteiger partial charge in [-0.05, 0) is 36.8 Å². The van der Waals surface area contributed by atoms with Crippen molar-refractivity contribution in [2.45, 2.75) is 12.5 Å². The first-order valence-corrected chi connectivity index (χ1v) is 7.52. The summed E-state index contributed by atoms with van der Waals surface area (Å²) in [6.07, 6.45) is 6.87. The zero-order valence-corrected chi connectivity index (χ0v) is 12.5. The van der Waals surface area contributed by atoms with E-state index in [4.69, 9.17) is 4.74 Å². The topological polar surface area (TPSA) is 43.2 Å². The normalized spacial score (nSPS) is 18.0. The van der Waals surface area contributed by atoms with E-state index in [0.717, 1.165) is 36.2 Å². The lowest BCUT2D eigenvalue weighted by Crippen LogP contribution is -2.21. The number of anilines is 1. The summed E-state index contributed by atoms with van der Waals surface area (Å²) in [5.41, 5.74) is 2.22. The van der Waals surface area contributed by atoms with Gasteiger partial charge in [-0.1, -0.05) is 0 Å². The Morgan fingerprint density at radius 3 is 3.00 bits per heavy atom. The Bertz CT molecular complexity index is 784. The van der Waals surface area contributed by atoms with Gasteiger partial charge in [0.05, 0.1) is 18.7 Å². The van der Waals surface area contributed by atoms with Crippen LogP contribution in [0.25, 0.3) is 10.9 Å². The zero-order chi connectivity index (χ0) is 14.9. The maximum atomic E-state index is 5.36. The minimum absolute atomic E-state index is 0.434. The molecule has 0 saturated carbocycles. The maximum absolute atomic E-state index is 5.36. The molecule has 0 aliphatic carbocycles. The van der Waals surface area contributed by atoms with Crippen molar-refractivity contribution in [1.82, 2.24) is 14.8 Å². The molecule has 5 nitrogen and oxygen atoms in total. The third-order valence-electron chi connectivity index (χ3n) is 4.33. The summed E-state index contributed by atoms with van der Waals surface area (Å²) < 4.78 is 7.42. The van der Waals surface area contributed by atoms with E-state index >= 15 is 0 Å². The lowest BCUT2D eigenvalue weighted by atomic mass is 10.1. The first-order chi connectivity index (χ1) is 10.8. The van der Waals surface area contributed by atoms with Crippen molar-refractivity contribution in [3.8, 4) is 5.75 Å². The predicted molar refractivity (Wildman–Crippen MR) is 86.4 cm³/mol. The molecule has 0 bridgehead atoms. The van der Waals surface area contributed by atoms with Gasteiger partial charge in [0.25, 0.3) is 0 Å². The largest absolute Gasteiger partial charge is 0.497 e. The monoisotopic (exact) mass is 294 g/mol. The lowest BCUT2D eigenvalue weighted by Gasteiger charge is -2.20. The van der Waals surface area contributed by atoms with Gasteiger partial charge in [-0.15, -0.1) is 0 Å². The number of ether oxygens (including phenoxy) is 1. The second kappa shape index (κ2) is 5.33. The second-order valence-corrected chi connectivity index (χ2v) is 5.59. The van der Waals surface area contributed by atoms with Gasteiger partial charge in [0.1, 0.15) is 5.75 Å². The quantitative estimate of drug-likeness (QED) is 0.745. The van der Waals surface area contributed by atoms with Crippen LogP contribution in [0.5, 0.6) is 5.75 Å². The molecule has 0 radical (unpaired) electrons. The number of hydrogen-bond acceptors (Lipinski definition) is 4. The maximum Gasteiger partial charge on any atom is 0.119 e. The Labute approximate surface area is 129 Å². The van der Waals surface area contributed by atoms with Crippen LogP contribution in [-0.2, 0) is 0 Å². The molecule has 1 aliphatic heterocycles. The fourth-order valence-corrected chi connectivity index (χ4v) is 3.19. The molecule has 3 heterocycles. The molecule has 0 spiro atoms. The van der Waals surface area contributed by atoms with E-state index in [-0.39, 0.29) is 0 Å². The molecular formula is C17H18N4O. The van der Waals surface area contributed by atoms with Crippen molar-refractivity contribution in [3.63, 3.8) is 0 Å². The van der Waals surface area contributed by atoms with Crippen molar-refractivity contribution in [3.05, 3.63) is 48.9 Å². The van der Waals surface area contributed by atoms with Gasteiger partial charge in [-0.3, -0.25) is 9.67 Å². The SMILES string of the molecule is COc1ccc2nccc(N3CCC(n4cccn4)C3)c2c1. The van der Waals surface area contributed by atoms with Crippen LogP contribution in [-0.4, -0.2) is 35.0 Å². The second-order valence-electron chi connectivity index (χ2n) is 5.59. The number of methoxy groups -OCH3 is 1. The summed E-state index contributed by atoms with van der Waals surface area (Å²) in [6.45, 7) is 2.00. The van der Waals surface area contributed by atoms with Crippen LogP contribution in [0.2, 0.25) is 0 Å². The number of benzene rings is 1. The summed E-state index contributed by atoms with van der Waals surface area (Å²) in [7, 11) is 1.70. The van der Waals surface area contributed by atoms with Crippen LogP contribution in [0.4, 0.5) is 5.69 Å². The van der Waals surface area contributed by atoms with E-state index in [1.807, 2.05) is 36.8 Å². The molecule has 2 aromatic heterocycles. The van der Waals surface area contributed by atoms with E-state index in [1.54, 1.807) is 7.11 Å². The molecule has 112 valence electrons. The highest BCUT2D eigenvalue weighted by Gasteiger charge is 2.25. The summed E-state index contributed by atoms with van der Waals surface area (Å²) >= 11 is 0. The van der Waals surface area contributed by atoms with E-state index in [0.29, 0.717) is 6.04 Å². The molecule has 1 unspecified atom stereocenters. The fourth-order valence-electron chi connectivity index (χ4n) is 3.19. The molecule has 4 rings (SSSR count). The predicted octanol–water partition coefficient (Wildman–Crippen LogP) is 2.89. The number of nitrogens with zero attached hydrogens (tertiary/aromatic N) is 4. The van der Waals surface area contributed by atoms with Crippen molar-refractivity contribution >= 4 is 16.6 Å². The molecule has 0 amide bonds. The Kier molecular flexibility index (Phi) is 3.18. The van der Waals surface area contributed by atoms with Gasteiger partial charge in [0.2, 0.25) is 0 Å². The van der Waals surface area contributed by atoms with Gasteiger partial charge in [0.15, 0.2) is 0 Å². The highest BCUT2D eigenvalue weighted by atomic mass is 16.5. The molecular weight excluding hydrogens is 276 g/mol. The lowest BCUT2D eigenvalue weighted by molar-refractivity contribution is 0.415. The van der Waals surface area contributed by atoms with Crippen LogP contribution in [0.1, 0.15) is 12.5 Å². The van der Waals surface area contributed by atoms with Crippen molar-refractivity contribution < 1.29 is 4.74 Å². The molecule has 5 heteroatoms. The smallest absolute Gasteiger partial charge is 0.119 e. The molecule has 22 heavy (non-hydrogen) atoms. The minimum Gasteiger partial charge on any atom is -0.497 e. The Hall–Kier alpha value is -2.56. The summed E-state index contributed by atoms with van der Waals surface area (Å²) in [5.74, 6) is 0.865. The fraction of sp³-hybridized carbons (Fsp3) is 0.294. The highest BCUT2D eigenvalue weighted by molar-refractivity contribution is 5.92. The van der Waals surface area contributed by atoms with Gasteiger partial charge in [-0.25, -0.2) is 0 Å². The van der Waals surface area contributed by atoms with Crippen molar-refractivity contribution in [2.24, 2.45) is 0 Å². The molecule has 1 saturated heterocycles.